The average Bonchev–Trinajstić information content (AvgIpc) is 3.27. The van der Waals surface area contributed by atoms with Crippen LogP contribution in [0.2, 0.25) is 0 Å². The van der Waals surface area contributed by atoms with E-state index in [9.17, 15) is 4.79 Å². The maximum absolute atomic E-state index is 12.6. The van der Waals surface area contributed by atoms with Crippen molar-refractivity contribution in [1.29, 1.82) is 0 Å². The van der Waals surface area contributed by atoms with Crippen molar-refractivity contribution < 1.29 is 4.79 Å². The van der Waals surface area contributed by atoms with Crippen LogP contribution in [-0.2, 0) is 0 Å². The van der Waals surface area contributed by atoms with Crippen LogP contribution in [0.3, 0.4) is 0 Å². The van der Waals surface area contributed by atoms with Gasteiger partial charge in [0.25, 0.3) is 5.91 Å². The standard InChI is InChI=1S/C27H32N6O/c1-19-6-8-21(9-7-19)24-4-3-5-25-30-27(31-33(24)25)29-23-12-10-22(11-13-23)26(34)28-18-20-14-16-32(2)17-15-20/h3-13,20,27,29,31H,14-18H2,1-2H3,(H,28,34). The molecule has 34 heavy (non-hydrogen) atoms. The number of amides is 1. The van der Waals surface area contributed by atoms with Crippen molar-refractivity contribution in [1.82, 2.24) is 20.7 Å². The lowest BCUT2D eigenvalue weighted by molar-refractivity contribution is 0.0939. The fourth-order valence-electron chi connectivity index (χ4n) is 4.51. The smallest absolute Gasteiger partial charge is 0.251 e. The number of hydrogen-bond acceptors (Lipinski definition) is 6. The number of benzene rings is 2. The quantitative estimate of drug-likeness (QED) is 0.620. The van der Waals surface area contributed by atoms with Gasteiger partial charge in [0.05, 0.1) is 5.70 Å². The van der Waals surface area contributed by atoms with Crippen LogP contribution in [0.1, 0.15) is 34.3 Å². The third-order valence-electron chi connectivity index (χ3n) is 6.67. The maximum Gasteiger partial charge on any atom is 0.251 e. The summed E-state index contributed by atoms with van der Waals surface area (Å²) in [6.45, 7) is 5.05. The summed E-state index contributed by atoms with van der Waals surface area (Å²) < 4.78 is 0. The van der Waals surface area contributed by atoms with Gasteiger partial charge in [0.15, 0.2) is 6.29 Å². The Hall–Kier alpha value is -3.42. The van der Waals surface area contributed by atoms with Gasteiger partial charge in [-0.15, -0.1) is 0 Å². The Balaban J connectivity index is 1.16. The van der Waals surface area contributed by atoms with E-state index in [2.05, 4.69) is 65.3 Å². The summed E-state index contributed by atoms with van der Waals surface area (Å²) in [6.07, 6.45) is 8.08. The summed E-state index contributed by atoms with van der Waals surface area (Å²) in [7, 11) is 2.15. The Morgan fingerprint density at radius 3 is 2.56 bits per heavy atom. The molecule has 0 saturated carbocycles. The van der Waals surface area contributed by atoms with Gasteiger partial charge in [-0.2, -0.15) is 5.43 Å². The molecule has 7 nitrogen and oxygen atoms in total. The first-order valence-corrected chi connectivity index (χ1v) is 12.0. The molecule has 0 bridgehead atoms. The SMILES string of the molecule is Cc1ccc(C2=CC=CC3=NC(Nc4ccc(C(=O)NCC5CCN(C)CC5)cc4)NN23)cc1. The molecule has 1 unspecified atom stereocenters. The van der Waals surface area contributed by atoms with E-state index in [0.29, 0.717) is 11.5 Å². The molecule has 0 aliphatic carbocycles. The lowest BCUT2D eigenvalue weighted by atomic mass is 9.97. The van der Waals surface area contributed by atoms with Crippen LogP contribution >= 0.6 is 0 Å². The number of carbonyl (C=O) groups is 1. The van der Waals surface area contributed by atoms with E-state index >= 15 is 0 Å². The second kappa shape index (κ2) is 9.83. The molecular weight excluding hydrogens is 424 g/mol. The van der Waals surface area contributed by atoms with Gasteiger partial charge in [0.2, 0.25) is 0 Å². The van der Waals surface area contributed by atoms with E-state index in [1.165, 1.54) is 5.56 Å². The Bertz CT molecular complexity index is 1110. The third kappa shape index (κ3) is 5.05. The first-order chi connectivity index (χ1) is 16.5. The van der Waals surface area contributed by atoms with Crippen LogP contribution in [-0.4, -0.2) is 54.6 Å². The van der Waals surface area contributed by atoms with Gasteiger partial charge in [-0.05, 0) is 87.8 Å². The second-order valence-corrected chi connectivity index (χ2v) is 9.31. The third-order valence-corrected chi connectivity index (χ3v) is 6.67. The number of hydrazine groups is 1. The molecule has 2 aromatic carbocycles. The van der Waals surface area contributed by atoms with Gasteiger partial charge in [-0.1, -0.05) is 35.9 Å². The molecule has 1 saturated heterocycles. The number of nitrogens with one attached hydrogen (secondary N) is 3. The molecule has 176 valence electrons. The lowest BCUT2D eigenvalue weighted by Gasteiger charge is -2.28. The van der Waals surface area contributed by atoms with Gasteiger partial charge in [-0.25, -0.2) is 4.99 Å². The minimum Gasteiger partial charge on any atom is -0.352 e. The number of nitrogens with zero attached hydrogens (tertiary/aromatic N) is 3. The molecule has 0 aromatic heterocycles. The van der Waals surface area contributed by atoms with Crippen molar-refractivity contribution in [3.8, 4) is 0 Å². The number of carbonyl (C=O) groups excluding carboxylic acids is 1. The molecule has 0 radical (unpaired) electrons. The van der Waals surface area contributed by atoms with E-state index < -0.39 is 0 Å². The zero-order valence-electron chi connectivity index (χ0n) is 19.8. The number of hydrogen-bond donors (Lipinski definition) is 3. The molecular formula is C27H32N6O. The van der Waals surface area contributed by atoms with Crippen molar-refractivity contribution in [2.24, 2.45) is 10.9 Å². The highest BCUT2D eigenvalue weighted by atomic mass is 16.1. The molecule has 0 spiro atoms. The highest BCUT2D eigenvalue weighted by molar-refractivity contribution is 6.02. The van der Waals surface area contributed by atoms with Crippen molar-refractivity contribution >= 4 is 23.1 Å². The minimum atomic E-state index is -0.296. The summed E-state index contributed by atoms with van der Waals surface area (Å²) in [6, 6.07) is 16.0. The Morgan fingerprint density at radius 2 is 1.82 bits per heavy atom. The number of allylic oxidation sites excluding steroid dienone is 2. The van der Waals surface area contributed by atoms with Crippen LogP contribution in [0.5, 0.6) is 0 Å². The number of likely N-dealkylation sites (tertiary alicyclic amines) is 1. The molecule has 3 heterocycles. The molecule has 3 N–H and O–H groups in total. The molecule has 1 fully saturated rings. The van der Waals surface area contributed by atoms with Gasteiger partial charge >= 0.3 is 0 Å². The topological polar surface area (TPSA) is 72.0 Å². The second-order valence-electron chi connectivity index (χ2n) is 9.31. The summed E-state index contributed by atoms with van der Waals surface area (Å²) in [5.41, 5.74) is 8.42. The van der Waals surface area contributed by atoms with Gasteiger partial charge in [-0.3, -0.25) is 9.80 Å². The van der Waals surface area contributed by atoms with E-state index in [0.717, 1.165) is 55.3 Å². The average molecular weight is 457 g/mol. The number of piperidine rings is 1. The fraction of sp³-hybridized carbons (Fsp3) is 0.333. The van der Waals surface area contributed by atoms with E-state index in [1.807, 2.05) is 41.4 Å². The molecule has 1 atom stereocenters. The first-order valence-electron chi connectivity index (χ1n) is 12.0. The lowest BCUT2D eigenvalue weighted by Crippen LogP contribution is -2.42. The monoisotopic (exact) mass is 456 g/mol. The summed E-state index contributed by atoms with van der Waals surface area (Å²) >= 11 is 0. The van der Waals surface area contributed by atoms with Crippen molar-refractivity contribution in [3.63, 3.8) is 0 Å². The van der Waals surface area contributed by atoms with E-state index in [-0.39, 0.29) is 12.2 Å². The minimum absolute atomic E-state index is 0.0140. The Labute approximate surface area is 201 Å². The van der Waals surface area contributed by atoms with Gasteiger partial charge in [0, 0.05) is 17.8 Å². The number of amidine groups is 1. The molecule has 5 rings (SSSR count). The van der Waals surface area contributed by atoms with Crippen molar-refractivity contribution in [2.75, 3.05) is 32.0 Å². The van der Waals surface area contributed by atoms with Crippen LogP contribution in [0, 0.1) is 12.8 Å². The number of rotatable bonds is 6. The molecule has 1 amide bonds. The van der Waals surface area contributed by atoms with E-state index in [1.54, 1.807) is 0 Å². The predicted octanol–water partition coefficient (Wildman–Crippen LogP) is 3.59. The zero-order valence-corrected chi connectivity index (χ0v) is 19.8. The number of aliphatic imine (C=N–C) groups is 1. The zero-order chi connectivity index (χ0) is 23.5. The summed E-state index contributed by atoms with van der Waals surface area (Å²) in [5, 5.41) is 8.50. The van der Waals surface area contributed by atoms with Crippen LogP contribution in [0.4, 0.5) is 5.69 Å². The maximum atomic E-state index is 12.6. The van der Waals surface area contributed by atoms with E-state index in [4.69, 9.17) is 4.99 Å². The normalized spacial score (nSPS) is 20.5. The molecule has 3 aliphatic rings. The number of anilines is 1. The van der Waals surface area contributed by atoms with Gasteiger partial charge < -0.3 is 15.5 Å². The highest BCUT2D eigenvalue weighted by Gasteiger charge is 2.28. The van der Waals surface area contributed by atoms with Crippen molar-refractivity contribution in [3.05, 3.63) is 83.4 Å². The fourth-order valence-corrected chi connectivity index (χ4v) is 4.51. The molecule has 2 aromatic rings. The van der Waals surface area contributed by atoms with Crippen LogP contribution in [0.25, 0.3) is 5.70 Å². The molecule has 3 aliphatic heterocycles. The summed E-state index contributed by atoms with van der Waals surface area (Å²) in [5.74, 6) is 1.42. The largest absolute Gasteiger partial charge is 0.352 e. The van der Waals surface area contributed by atoms with Crippen LogP contribution < -0.4 is 16.1 Å². The number of aryl methyl sites for hydroxylation is 1. The van der Waals surface area contributed by atoms with Crippen LogP contribution in [0.15, 0.2) is 71.8 Å². The predicted molar refractivity (Wildman–Crippen MR) is 137 cm³/mol. The van der Waals surface area contributed by atoms with Crippen molar-refractivity contribution in [2.45, 2.75) is 26.1 Å². The highest BCUT2D eigenvalue weighted by Crippen LogP contribution is 2.26. The number of fused-ring (bicyclic) bond motifs is 1. The Morgan fingerprint density at radius 1 is 1.09 bits per heavy atom. The summed E-state index contributed by atoms with van der Waals surface area (Å²) in [4.78, 5) is 19.7. The Kier molecular flexibility index (Phi) is 6.47. The first kappa shape index (κ1) is 22.4. The van der Waals surface area contributed by atoms with Gasteiger partial charge in [0.1, 0.15) is 5.84 Å². The molecule has 7 heteroatoms.